The van der Waals surface area contributed by atoms with Crippen LogP contribution in [0.5, 0.6) is 0 Å². The van der Waals surface area contributed by atoms with Crippen molar-refractivity contribution in [3.05, 3.63) is 52.0 Å². The third kappa shape index (κ3) is 3.31. The molecule has 1 aromatic carbocycles. The van der Waals surface area contributed by atoms with E-state index in [1.165, 1.54) is 0 Å². The molecule has 3 rings (SSSR count). The summed E-state index contributed by atoms with van der Waals surface area (Å²) in [4.78, 5) is 18.8. The molecular formula is C14H13Cl2N3O2. The highest BCUT2D eigenvalue weighted by atomic mass is 35.5. The van der Waals surface area contributed by atoms with Crippen LogP contribution in [0.15, 0.2) is 30.7 Å². The number of H-pyrrole nitrogens is 1. The number of alkyl carbamates (subject to hydrolysis) is 1. The van der Waals surface area contributed by atoms with Crippen LogP contribution in [0.1, 0.15) is 23.6 Å². The van der Waals surface area contributed by atoms with Crippen molar-refractivity contribution in [2.24, 2.45) is 0 Å². The summed E-state index contributed by atoms with van der Waals surface area (Å²) in [5.41, 5.74) is 1.63. The number of rotatable bonds is 4. The van der Waals surface area contributed by atoms with E-state index in [-0.39, 0.29) is 18.6 Å². The van der Waals surface area contributed by atoms with Gasteiger partial charge in [0.25, 0.3) is 0 Å². The zero-order chi connectivity index (χ0) is 14.8. The highest BCUT2D eigenvalue weighted by molar-refractivity contribution is 6.35. The Bertz CT molecular complexity index is 625. The van der Waals surface area contributed by atoms with Gasteiger partial charge in [0.15, 0.2) is 0 Å². The summed E-state index contributed by atoms with van der Waals surface area (Å²) >= 11 is 12.0. The molecule has 2 atom stereocenters. The number of benzene rings is 1. The fourth-order valence-electron chi connectivity index (χ4n) is 2.17. The molecule has 2 N–H and O–H groups in total. The number of aromatic nitrogens is 2. The highest BCUT2D eigenvalue weighted by Crippen LogP contribution is 2.39. The van der Waals surface area contributed by atoms with Gasteiger partial charge in [-0.1, -0.05) is 29.3 Å². The summed E-state index contributed by atoms with van der Waals surface area (Å²) in [6.45, 7) is 0.0474. The number of imidazole rings is 1. The van der Waals surface area contributed by atoms with Crippen molar-refractivity contribution < 1.29 is 9.53 Å². The first-order valence-electron chi connectivity index (χ1n) is 6.49. The average Bonchev–Trinajstić information content (AvgIpc) is 3.00. The topological polar surface area (TPSA) is 67.0 Å². The van der Waals surface area contributed by atoms with Crippen molar-refractivity contribution in [3.8, 4) is 0 Å². The first kappa shape index (κ1) is 14.2. The number of hydrogen-bond acceptors (Lipinski definition) is 3. The molecule has 1 amide bonds. The van der Waals surface area contributed by atoms with Gasteiger partial charge in [-0.2, -0.15) is 0 Å². The summed E-state index contributed by atoms with van der Waals surface area (Å²) in [6, 6.07) is 5.24. The highest BCUT2D eigenvalue weighted by Gasteiger charge is 2.40. The Morgan fingerprint density at radius 3 is 2.86 bits per heavy atom. The average molecular weight is 326 g/mol. The SMILES string of the molecule is O=C(N[C@@H]1C[C@H]1c1cnc[nH]1)OCc1c(Cl)cccc1Cl. The van der Waals surface area contributed by atoms with E-state index in [1.54, 1.807) is 30.7 Å². The Morgan fingerprint density at radius 2 is 2.19 bits per heavy atom. The van der Waals surface area contributed by atoms with Gasteiger partial charge < -0.3 is 15.0 Å². The van der Waals surface area contributed by atoms with Crippen LogP contribution < -0.4 is 5.32 Å². The molecule has 0 spiro atoms. The zero-order valence-corrected chi connectivity index (χ0v) is 12.5. The van der Waals surface area contributed by atoms with Crippen LogP contribution in [0.2, 0.25) is 10.0 Å². The molecule has 5 nitrogen and oxygen atoms in total. The van der Waals surface area contributed by atoms with Gasteiger partial charge in [-0.25, -0.2) is 9.78 Å². The second-order valence-corrected chi connectivity index (χ2v) is 5.69. The molecule has 1 saturated carbocycles. The van der Waals surface area contributed by atoms with E-state index in [0.717, 1.165) is 12.1 Å². The number of nitrogens with one attached hydrogen (secondary N) is 2. The number of ether oxygens (including phenoxy) is 1. The third-order valence-electron chi connectivity index (χ3n) is 3.42. The lowest BCUT2D eigenvalue weighted by atomic mass is 10.2. The molecule has 1 aromatic heterocycles. The second kappa shape index (κ2) is 5.95. The molecule has 1 aliphatic carbocycles. The van der Waals surface area contributed by atoms with Gasteiger partial charge in [0.2, 0.25) is 0 Å². The Balaban J connectivity index is 1.50. The predicted molar refractivity (Wildman–Crippen MR) is 79.5 cm³/mol. The van der Waals surface area contributed by atoms with Gasteiger partial charge >= 0.3 is 6.09 Å². The number of carbonyl (C=O) groups excluding carboxylic acids is 1. The molecule has 1 fully saturated rings. The standard InChI is InChI=1S/C14H13Cl2N3O2/c15-10-2-1-3-11(16)9(10)6-21-14(20)19-12-4-8(12)13-5-17-7-18-13/h1-3,5,7-8,12H,4,6H2,(H,17,18)(H,19,20)/t8-,12-/m1/s1. The van der Waals surface area contributed by atoms with Gasteiger partial charge in [-0.05, 0) is 18.6 Å². The fraction of sp³-hybridized carbons (Fsp3) is 0.286. The Labute approximate surface area is 131 Å². The van der Waals surface area contributed by atoms with Gasteiger partial charge in [-0.3, -0.25) is 0 Å². The van der Waals surface area contributed by atoms with E-state index in [4.69, 9.17) is 27.9 Å². The van der Waals surface area contributed by atoms with Gasteiger partial charge in [0, 0.05) is 39.5 Å². The predicted octanol–water partition coefficient (Wildman–Crippen LogP) is 3.50. The maximum atomic E-state index is 11.8. The molecule has 0 bridgehead atoms. The quantitative estimate of drug-likeness (QED) is 0.904. The summed E-state index contributed by atoms with van der Waals surface area (Å²) in [7, 11) is 0. The lowest BCUT2D eigenvalue weighted by Gasteiger charge is -2.09. The molecular weight excluding hydrogens is 313 g/mol. The number of aromatic amines is 1. The fourth-order valence-corrected chi connectivity index (χ4v) is 2.68. The molecule has 0 unspecified atom stereocenters. The maximum absolute atomic E-state index is 11.8. The monoisotopic (exact) mass is 325 g/mol. The summed E-state index contributed by atoms with van der Waals surface area (Å²) in [6.07, 6.45) is 3.80. The smallest absolute Gasteiger partial charge is 0.407 e. The second-order valence-electron chi connectivity index (χ2n) is 4.88. The molecule has 7 heteroatoms. The first-order chi connectivity index (χ1) is 10.1. The van der Waals surface area contributed by atoms with Crippen molar-refractivity contribution in [2.75, 3.05) is 0 Å². The maximum Gasteiger partial charge on any atom is 0.407 e. The van der Waals surface area contributed by atoms with Crippen molar-refractivity contribution in [1.29, 1.82) is 0 Å². The van der Waals surface area contributed by atoms with E-state index in [1.807, 2.05) is 0 Å². The molecule has 2 aromatic rings. The summed E-state index contributed by atoms with van der Waals surface area (Å²) in [5, 5.41) is 3.77. The van der Waals surface area contributed by atoms with Gasteiger partial charge in [0.05, 0.1) is 6.33 Å². The molecule has 110 valence electrons. The van der Waals surface area contributed by atoms with Crippen molar-refractivity contribution >= 4 is 29.3 Å². The molecule has 0 saturated heterocycles. The number of halogens is 2. The van der Waals surface area contributed by atoms with E-state index < -0.39 is 6.09 Å². The van der Waals surface area contributed by atoms with Crippen LogP contribution in [0.25, 0.3) is 0 Å². The van der Waals surface area contributed by atoms with Crippen LogP contribution in [0.4, 0.5) is 4.79 Å². The van der Waals surface area contributed by atoms with E-state index >= 15 is 0 Å². The molecule has 0 aliphatic heterocycles. The summed E-state index contributed by atoms with van der Waals surface area (Å²) in [5.74, 6) is 0.281. The van der Waals surface area contributed by atoms with Crippen LogP contribution in [0, 0.1) is 0 Å². The Hall–Kier alpha value is -1.72. The first-order valence-corrected chi connectivity index (χ1v) is 7.25. The molecule has 1 heterocycles. The largest absolute Gasteiger partial charge is 0.445 e. The lowest BCUT2D eigenvalue weighted by molar-refractivity contribution is 0.139. The van der Waals surface area contributed by atoms with E-state index in [9.17, 15) is 4.79 Å². The van der Waals surface area contributed by atoms with Crippen LogP contribution in [0.3, 0.4) is 0 Å². The van der Waals surface area contributed by atoms with Gasteiger partial charge in [0.1, 0.15) is 6.61 Å². The lowest BCUT2D eigenvalue weighted by Crippen LogP contribution is -2.27. The van der Waals surface area contributed by atoms with Crippen molar-refractivity contribution in [2.45, 2.75) is 25.0 Å². The minimum atomic E-state index is -0.474. The molecule has 1 aliphatic rings. The van der Waals surface area contributed by atoms with Crippen LogP contribution in [-0.4, -0.2) is 22.1 Å². The number of nitrogens with zero attached hydrogens (tertiary/aromatic N) is 1. The summed E-state index contributed by atoms with van der Waals surface area (Å²) < 4.78 is 5.16. The number of carbonyl (C=O) groups is 1. The number of amides is 1. The number of hydrogen-bond donors (Lipinski definition) is 2. The Morgan fingerprint density at radius 1 is 1.43 bits per heavy atom. The minimum absolute atomic E-state index is 0.0474. The third-order valence-corrected chi connectivity index (χ3v) is 4.13. The molecule has 0 radical (unpaired) electrons. The van der Waals surface area contributed by atoms with Crippen LogP contribution >= 0.6 is 23.2 Å². The van der Waals surface area contributed by atoms with Crippen molar-refractivity contribution in [3.63, 3.8) is 0 Å². The van der Waals surface area contributed by atoms with Crippen molar-refractivity contribution in [1.82, 2.24) is 15.3 Å². The Kier molecular flexibility index (Phi) is 4.03. The minimum Gasteiger partial charge on any atom is -0.445 e. The molecule has 21 heavy (non-hydrogen) atoms. The zero-order valence-electron chi connectivity index (χ0n) is 11.0. The van der Waals surface area contributed by atoms with E-state index in [2.05, 4.69) is 15.3 Å². The van der Waals surface area contributed by atoms with Crippen LogP contribution in [-0.2, 0) is 11.3 Å². The van der Waals surface area contributed by atoms with Gasteiger partial charge in [-0.15, -0.1) is 0 Å². The normalized spacial score (nSPS) is 20.1. The van der Waals surface area contributed by atoms with E-state index in [0.29, 0.717) is 15.6 Å².